The molecule has 0 bridgehead atoms. The van der Waals surface area contributed by atoms with Crippen molar-refractivity contribution in [1.29, 1.82) is 0 Å². The SMILES string of the molecule is Cc1ccc(Cl)c(OC2CCCCC2N)c1. The molecule has 88 valence electrons. The Morgan fingerprint density at radius 2 is 2.06 bits per heavy atom. The molecule has 2 rings (SSSR count). The molecule has 3 heteroatoms. The molecular weight excluding hydrogens is 222 g/mol. The Morgan fingerprint density at radius 3 is 2.81 bits per heavy atom. The molecule has 0 saturated heterocycles. The lowest BCUT2D eigenvalue weighted by atomic mass is 9.93. The minimum atomic E-state index is 0.119. The van der Waals surface area contributed by atoms with Crippen LogP contribution in [0.25, 0.3) is 0 Å². The maximum atomic E-state index is 6.10. The molecule has 2 unspecified atom stereocenters. The van der Waals surface area contributed by atoms with E-state index in [1.54, 1.807) is 0 Å². The third kappa shape index (κ3) is 2.69. The van der Waals surface area contributed by atoms with Crippen LogP contribution in [-0.2, 0) is 0 Å². The van der Waals surface area contributed by atoms with Gasteiger partial charge in [-0.25, -0.2) is 0 Å². The summed E-state index contributed by atoms with van der Waals surface area (Å²) < 4.78 is 5.92. The fraction of sp³-hybridized carbons (Fsp3) is 0.538. The number of ether oxygens (including phenoxy) is 1. The van der Waals surface area contributed by atoms with Crippen molar-refractivity contribution in [3.8, 4) is 5.75 Å². The summed E-state index contributed by atoms with van der Waals surface area (Å²) in [4.78, 5) is 0. The van der Waals surface area contributed by atoms with E-state index in [1.807, 2.05) is 25.1 Å². The summed E-state index contributed by atoms with van der Waals surface area (Å²) in [6, 6.07) is 5.98. The lowest BCUT2D eigenvalue weighted by Crippen LogP contribution is -2.41. The fourth-order valence-corrected chi connectivity index (χ4v) is 2.30. The fourth-order valence-electron chi connectivity index (χ4n) is 2.14. The standard InChI is InChI=1S/C13H18ClNO/c1-9-6-7-10(14)13(8-9)16-12-5-3-2-4-11(12)15/h6-8,11-12H,2-5,15H2,1H3. The summed E-state index contributed by atoms with van der Waals surface area (Å²) in [5.74, 6) is 0.768. The van der Waals surface area contributed by atoms with Crippen LogP contribution in [0.5, 0.6) is 5.75 Å². The molecule has 2 nitrogen and oxygen atoms in total. The van der Waals surface area contributed by atoms with Crippen LogP contribution in [0.15, 0.2) is 18.2 Å². The topological polar surface area (TPSA) is 35.2 Å². The molecule has 1 saturated carbocycles. The monoisotopic (exact) mass is 239 g/mol. The second-order valence-corrected chi connectivity index (χ2v) is 4.95. The highest BCUT2D eigenvalue weighted by Gasteiger charge is 2.23. The van der Waals surface area contributed by atoms with Gasteiger partial charge in [-0.3, -0.25) is 0 Å². The van der Waals surface area contributed by atoms with Crippen molar-refractivity contribution < 1.29 is 4.74 Å². The minimum absolute atomic E-state index is 0.119. The second kappa shape index (κ2) is 5.07. The molecule has 0 heterocycles. The van der Waals surface area contributed by atoms with Gasteiger partial charge < -0.3 is 10.5 Å². The predicted octanol–water partition coefficient (Wildman–Crippen LogP) is 3.30. The first-order chi connectivity index (χ1) is 7.66. The van der Waals surface area contributed by atoms with Crippen LogP contribution in [-0.4, -0.2) is 12.1 Å². The zero-order valence-electron chi connectivity index (χ0n) is 9.58. The van der Waals surface area contributed by atoms with E-state index in [-0.39, 0.29) is 12.1 Å². The molecule has 1 aromatic carbocycles. The van der Waals surface area contributed by atoms with E-state index >= 15 is 0 Å². The van der Waals surface area contributed by atoms with Crippen LogP contribution in [0.4, 0.5) is 0 Å². The highest BCUT2D eigenvalue weighted by atomic mass is 35.5. The first-order valence-electron chi connectivity index (χ1n) is 5.85. The highest BCUT2D eigenvalue weighted by Crippen LogP contribution is 2.29. The van der Waals surface area contributed by atoms with Crippen molar-refractivity contribution in [3.05, 3.63) is 28.8 Å². The van der Waals surface area contributed by atoms with E-state index < -0.39 is 0 Å². The van der Waals surface area contributed by atoms with Crippen molar-refractivity contribution in [2.24, 2.45) is 5.73 Å². The number of benzene rings is 1. The van der Waals surface area contributed by atoms with Gasteiger partial charge in [0.05, 0.1) is 5.02 Å². The molecule has 0 aromatic heterocycles. The Kier molecular flexibility index (Phi) is 3.72. The largest absolute Gasteiger partial charge is 0.487 e. The Morgan fingerprint density at radius 1 is 1.31 bits per heavy atom. The summed E-state index contributed by atoms with van der Waals surface area (Å²) in [6.45, 7) is 2.03. The number of nitrogens with two attached hydrogens (primary N) is 1. The number of hydrogen-bond acceptors (Lipinski definition) is 2. The normalized spacial score (nSPS) is 25.4. The van der Waals surface area contributed by atoms with Crippen molar-refractivity contribution >= 4 is 11.6 Å². The quantitative estimate of drug-likeness (QED) is 0.860. The van der Waals surface area contributed by atoms with E-state index in [4.69, 9.17) is 22.1 Å². The zero-order valence-corrected chi connectivity index (χ0v) is 10.3. The number of rotatable bonds is 2. The van der Waals surface area contributed by atoms with Gasteiger partial charge >= 0.3 is 0 Å². The first-order valence-corrected chi connectivity index (χ1v) is 6.23. The smallest absolute Gasteiger partial charge is 0.138 e. The van der Waals surface area contributed by atoms with Crippen LogP contribution in [0, 0.1) is 6.92 Å². The van der Waals surface area contributed by atoms with E-state index in [0.717, 1.165) is 24.2 Å². The molecule has 2 atom stereocenters. The maximum absolute atomic E-state index is 6.10. The maximum Gasteiger partial charge on any atom is 0.138 e. The highest BCUT2D eigenvalue weighted by molar-refractivity contribution is 6.32. The molecule has 1 aliphatic carbocycles. The number of aryl methyl sites for hydroxylation is 1. The molecule has 0 spiro atoms. The van der Waals surface area contributed by atoms with Crippen LogP contribution in [0.2, 0.25) is 5.02 Å². The van der Waals surface area contributed by atoms with Crippen molar-refractivity contribution in [2.75, 3.05) is 0 Å². The minimum Gasteiger partial charge on any atom is -0.487 e. The van der Waals surface area contributed by atoms with E-state index in [2.05, 4.69) is 0 Å². The average Bonchev–Trinajstić information content (AvgIpc) is 2.27. The van der Waals surface area contributed by atoms with Crippen LogP contribution >= 0.6 is 11.6 Å². The van der Waals surface area contributed by atoms with Gasteiger partial charge in [0.15, 0.2) is 0 Å². The summed E-state index contributed by atoms with van der Waals surface area (Å²) >= 11 is 6.10. The average molecular weight is 240 g/mol. The molecule has 16 heavy (non-hydrogen) atoms. The predicted molar refractivity (Wildman–Crippen MR) is 67.0 cm³/mol. The molecular formula is C13H18ClNO. The van der Waals surface area contributed by atoms with Crippen molar-refractivity contribution in [1.82, 2.24) is 0 Å². The van der Waals surface area contributed by atoms with Crippen LogP contribution in [0.1, 0.15) is 31.2 Å². The molecule has 1 aromatic rings. The van der Waals surface area contributed by atoms with Gasteiger partial charge in [0, 0.05) is 6.04 Å². The summed E-state index contributed by atoms with van der Waals surface area (Å²) in [6.07, 6.45) is 4.61. The van der Waals surface area contributed by atoms with E-state index in [9.17, 15) is 0 Å². The Balaban J connectivity index is 2.10. The van der Waals surface area contributed by atoms with Gasteiger partial charge in [0.1, 0.15) is 11.9 Å². The van der Waals surface area contributed by atoms with Crippen molar-refractivity contribution in [3.63, 3.8) is 0 Å². The van der Waals surface area contributed by atoms with E-state index in [0.29, 0.717) is 5.02 Å². The summed E-state index contributed by atoms with van der Waals surface area (Å²) in [5.41, 5.74) is 7.20. The molecule has 0 amide bonds. The van der Waals surface area contributed by atoms with Gasteiger partial charge in [-0.05, 0) is 43.9 Å². The van der Waals surface area contributed by atoms with Crippen molar-refractivity contribution in [2.45, 2.75) is 44.8 Å². The lowest BCUT2D eigenvalue weighted by molar-refractivity contribution is 0.132. The molecule has 0 radical (unpaired) electrons. The lowest BCUT2D eigenvalue weighted by Gasteiger charge is -2.29. The molecule has 0 aliphatic heterocycles. The van der Waals surface area contributed by atoms with Gasteiger partial charge in [-0.1, -0.05) is 24.1 Å². The van der Waals surface area contributed by atoms with E-state index in [1.165, 1.54) is 12.8 Å². The summed E-state index contributed by atoms with van der Waals surface area (Å²) in [5, 5.41) is 0.670. The summed E-state index contributed by atoms with van der Waals surface area (Å²) in [7, 11) is 0. The first kappa shape index (κ1) is 11.7. The van der Waals surface area contributed by atoms with Gasteiger partial charge in [-0.15, -0.1) is 0 Å². The third-order valence-electron chi connectivity index (χ3n) is 3.12. The zero-order chi connectivity index (χ0) is 11.5. The molecule has 2 N–H and O–H groups in total. The molecule has 1 fully saturated rings. The van der Waals surface area contributed by atoms with Crippen LogP contribution in [0.3, 0.4) is 0 Å². The molecule has 1 aliphatic rings. The van der Waals surface area contributed by atoms with Gasteiger partial charge in [0.25, 0.3) is 0 Å². The van der Waals surface area contributed by atoms with Gasteiger partial charge in [-0.2, -0.15) is 0 Å². The number of hydrogen-bond donors (Lipinski definition) is 1. The number of halogens is 1. The van der Waals surface area contributed by atoms with Gasteiger partial charge in [0.2, 0.25) is 0 Å². The second-order valence-electron chi connectivity index (χ2n) is 4.54. The third-order valence-corrected chi connectivity index (χ3v) is 3.43. The Hall–Kier alpha value is -0.730. The Bertz CT molecular complexity index is 367. The Labute approximate surface area is 102 Å². The van der Waals surface area contributed by atoms with Crippen LogP contribution < -0.4 is 10.5 Å².